The molecule has 0 amide bonds. The molecule has 2 rings (SSSR count). The largest absolute Gasteiger partial charge is 0.493 e. The van der Waals surface area contributed by atoms with E-state index in [0.29, 0.717) is 23.5 Å². The molecule has 82 valence electrons. The van der Waals surface area contributed by atoms with Crippen molar-refractivity contribution in [1.29, 1.82) is 0 Å². The van der Waals surface area contributed by atoms with Gasteiger partial charge in [-0.2, -0.15) is 0 Å². The summed E-state index contributed by atoms with van der Waals surface area (Å²) in [7, 11) is 0. The molecule has 0 radical (unpaired) electrons. The second kappa shape index (κ2) is 4.86. The minimum absolute atomic E-state index is 0.220. The van der Waals surface area contributed by atoms with Crippen molar-refractivity contribution < 1.29 is 9.84 Å². The third-order valence-electron chi connectivity index (χ3n) is 2.80. The molecule has 0 aliphatic heterocycles. The topological polar surface area (TPSA) is 29.5 Å². The quantitative estimate of drug-likeness (QED) is 0.837. The molecule has 3 heteroatoms. The van der Waals surface area contributed by atoms with Gasteiger partial charge < -0.3 is 9.84 Å². The Morgan fingerprint density at radius 3 is 2.53 bits per heavy atom. The van der Waals surface area contributed by atoms with E-state index in [-0.39, 0.29) is 6.61 Å². The maximum absolute atomic E-state index is 9.16. The zero-order chi connectivity index (χ0) is 10.7. The molecule has 1 atom stereocenters. The number of halogens is 1. The van der Waals surface area contributed by atoms with Gasteiger partial charge >= 0.3 is 0 Å². The van der Waals surface area contributed by atoms with Gasteiger partial charge in [0.2, 0.25) is 0 Å². The first-order valence-electron chi connectivity index (χ1n) is 5.29. The average molecular weight is 227 g/mol. The van der Waals surface area contributed by atoms with E-state index in [0.717, 1.165) is 5.75 Å². The van der Waals surface area contributed by atoms with Gasteiger partial charge in [0, 0.05) is 17.5 Å². The fraction of sp³-hybridized carbons (Fsp3) is 0.500. The Morgan fingerprint density at radius 1 is 1.33 bits per heavy atom. The highest BCUT2D eigenvalue weighted by atomic mass is 35.5. The fourth-order valence-corrected chi connectivity index (χ4v) is 1.77. The fourth-order valence-electron chi connectivity index (χ4n) is 1.64. The minimum Gasteiger partial charge on any atom is -0.493 e. The highest BCUT2D eigenvalue weighted by Gasteiger charge is 2.30. The standard InChI is InChI=1S/C12H15ClO2/c13-11-3-5-12(6-4-11)15-8-10(7-14)9-1-2-9/h3-6,9-10,14H,1-2,7-8H2. The van der Waals surface area contributed by atoms with E-state index in [9.17, 15) is 0 Å². The molecule has 1 N–H and O–H groups in total. The normalized spacial score (nSPS) is 17.5. The first kappa shape index (κ1) is 10.8. The molecule has 1 aliphatic carbocycles. The second-order valence-electron chi connectivity index (χ2n) is 4.05. The smallest absolute Gasteiger partial charge is 0.119 e. The summed E-state index contributed by atoms with van der Waals surface area (Å²) in [4.78, 5) is 0. The first-order valence-corrected chi connectivity index (χ1v) is 5.66. The van der Waals surface area contributed by atoms with Crippen molar-refractivity contribution >= 4 is 11.6 Å². The van der Waals surface area contributed by atoms with Gasteiger partial charge in [-0.15, -0.1) is 0 Å². The molecule has 15 heavy (non-hydrogen) atoms. The van der Waals surface area contributed by atoms with Crippen molar-refractivity contribution in [2.75, 3.05) is 13.2 Å². The van der Waals surface area contributed by atoms with Crippen LogP contribution >= 0.6 is 11.6 Å². The zero-order valence-electron chi connectivity index (χ0n) is 8.53. The van der Waals surface area contributed by atoms with Gasteiger partial charge in [0.1, 0.15) is 5.75 Å². The first-order chi connectivity index (χ1) is 7.29. The number of rotatable bonds is 5. The summed E-state index contributed by atoms with van der Waals surface area (Å²) in [6, 6.07) is 7.32. The maximum atomic E-state index is 9.16. The molecule has 0 spiro atoms. The van der Waals surface area contributed by atoms with Crippen molar-refractivity contribution in [3.63, 3.8) is 0 Å². The van der Waals surface area contributed by atoms with Crippen LogP contribution in [0, 0.1) is 11.8 Å². The Balaban J connectivity index is 1.83. The van der Waals surface area contributed by atoms with Gasteiger partial charge in [-0.25, -0.2) is 0 Å². The number of aliphatic hydroxyl groups is 1. The van der Waals surface area contributed by atoms with Crippen molar-refractivity contribution in [1.82, 2.24) is 0 Å². The van der Waals surface area contributed by atoms with Crippen LogP contribution < -0.4 is 4.74 Å². The molecule has 0 aromatic heterocycles. The van der Waals surface area contributed by atoms with Gasteiger partial charge in [0.25, 0.3) is 0 Å². The van der Waals surface area contributed by atoms with Crippen LogP contribution in [0.2, 0.25) is 5.02 Å². The lowest BCUT2D eigenvalue weighted by atomic mass is 10.1. The van der Waals surface area contributed by atoms with E-state index in [1.165, 1.54) is 12.8 Å². The van der Waals surface area contributed by atoms with Crippen LogP contribution in [-0.4, -0.2) is 18.3 Å². The molecule has 1 aliphatic rings. The minimum atomic E-state index is 0.220. The summed E-state index contributed by atoms with van der Waals surface area (Å²) in [6.07, 6.45) is 2.46. The molecule has 0 saturated heterocycles. The molecule has 0 heterocycles. The Morgan fingerprint density at radius 2 is 2.00 bits per heavy atom. The van der Waals surface area contributed by atoms with Gasteiger partial charge in [-0.3, -0.25) is 0 Å². The molecule has 2 nitrogen and oxygen atoms in total. The summed E-state index contributed by atoms with van der Waals surface area (Å²) < 4.78 is 5.60. The third-order valence-corrected chi connectivity index (χ3v) is 3.05. The number of hydrogen-bond donors (Lipinski definition) is 1. The summed E-state index contributed by atoms with van der Waals surface area (Å²) in [5, 5.41) is 9.87. The van der Waals surface area contributed by atoms with Crippen LogP contribution in [0.3, 0.4) is 0 Å². The lowest BCUT2D eigenvalue weighted by Crippen LogP contribution is -2.17. The number of aliphatic hydroxyl groups excluding tert-OH is 1. The molecule has 1 unspecified atom stereocenters. The average Bonchev–Trinajstić information content (AvgIpc) is 3.06. The van der Waals surface area contributed by atoms with E-state index in [1.807, 2.05) is 24.3 Å². The third kappa shape index (κ3) is 3.11. The summed E-state index contributed by atoms with van der Waals surface area (Å²) in [6.45, 7) is 0.820. The summed E-state index contributed by atoms with van der Waals surface area (Å²) in [5.74, 6) is 1.78. The van der Waals surface area contributed by atoms with E-state index in [2.05, 4.69) is 0 Å². The van der Waals surface area contributed by atoms with Crippen LogP contribution in [0.1, 0.15) is 12.8 Å². The van der Waals surface area contributed by atoms with E-state index in [1.54, 1.807) is 0 Å². The van der Waals surface area contributed by atoms with Gasteiger partial charge in [-0.05, 0) is 43.0 Å². The Bertz CT molecular complexity index is 306. The van der Waals surface area contributed by atoms with Crippen LogP contribution in [0.25, 0.3) is 0 Å². The molecule has 1 fully saturated rings. The number of benzene rings is 1. The van der Waals surface area contributed by atoms with Crippen LogP contribution in [0.5, 0.6) is 5.75 Å². The highest BCUT2D eigenvalue weighted by Crippen LogP contribution is 2.36. The van der Waals surface area contributed by atoms with Gasteiger partial charge in [-0.1, -0.05) is 11.6 Å². The SMILES string of the molecule is OCC(COc1ccc(Cl)cc1)C1CC1. The van der Waals surface area contributed by atoms with Crippen LogP contribution in [-0.2, 0) is 0 Å². The lowest BCUT2D eigenvalue weighted by Gasteiger charge is -2.14. The number of hydrogen-bond acceptors (Lipinski definition) is 2. The zero-order valence-corrected chi connectivity index (χ0v) is 9.28. The highest BCUT2D eigenvalue weighted by molar-refractivity contribution is 6.30. The van der Waals surface area contributed by atoms with E-state index >= 15 is 0 Å². The summed E-state index contributed by atoms with van der Waals surface area (Å²) in [5.41, 5.74) is 0. The Kier molecular flexibility index (Phi) is 3.49. The maximum Gasteiger partial charge on any atom is 0.119 e. The van der Waals surface area contributed by atoms with Crippen LogP contribution in [0.15, 0.2) is 24.3 Å². The summed E-state index contributed by atoms with van der Waals surface area (Å²) >= 11 is 5.77. The molecular formula is C12H15ClO2. The number of ether oxygens (including phenoxy) is 1. The molecule has 1 saturated carbocycles. The Hall–Kier alpha value is -0.730. The molecule has 0 bridgehead atoms. The van der Waals surface area contributed by atoms with Crippen molar-refractivity contribution in [3.8, 4) is 5.75 Å². The molecule has 1 aromatic rings. The second-order valence-corrected chi connectivity index (χ2v) is 4.48. The van der Waals surface area contributed by atoms with Crippen LogP contribution in [0.4, 0.5) is 0 Å². The van der Waals surface area contributed by atoms with E-state index in [4.69, 9.17) is 21.4 Å². The van der Waals surface area contributed by atoms with Crippen molar-refractivity contribution in [2.24, 2.45) is 11.8 Å². The van der Waals surface area contributed by atoms with Gasteiger partial charge in [0.05, 0.1) is 6.61 Å². The van der Waals surface area contributed by atoms with Crippen molar-refractivity contribution in [3.05, 3.63) is 29.3 Å². The predicted molar refractivity (Wildman–Crippen MR) is 60.2 cm³/mol. The Labute approximate surface area is 94.8 Å². The molecule has 1 aromatic carbocycles. The van der Waals surface area contributed by atoms with Gasteiger partial charge in [0.15, 0.2) is 0 Å². The molecular weight excluding hydrogens is 212 g/mol. The van der Waals surface area contributed by atoms with Crippen molar-refractivity contribution in [2.45, 2.75) is 12.8 Å². The predicted octanol–water partition coefficient (Wildman–Crippen LogP) is 2.74. The lowest BCUT2D eigenvalue weighted by molar-refractivity contribution is 0.147. The van der Waals surface area contributed by atoms with E-state index < -0.39 is 0 Å². The monoisotopic (exact) mass is 226 g/mol.